The second-order valence-corrected chi connectivity index (χ2v) is 7.71. The van der Waals surface area contributed by atoms with Crippen molar-refractivity contribution in [2.24, 2.45) is 4.99 Å². The summed E-state index contributed by atoms with van der Waals surface area (Å²) in [6, 6.07) is 22.3. The van der Waals surface area contributed by atoms with Crippen LogP contribution >= 0.6 is 27.5 Å². The van der Waals surface area contributed by atoms with Crippen LogP contribution in [0.1, 0.15) is 11.1 Å². The van der Waals surface area contributed by atoms with Gasteiger partial charge in [-0.1, -0.05) is 51.8 Å². The summed E-state index contributed by atoms with van der Waals surface area (Å²) in [5, 5.41) is 0.642. The van der Waals surface area contributed by atoms with Crippen LogP contribution in [0, 0.1) is 0 Å². The molecule has 4 rings (SSSR count). The molecule has 3 aromatic carbocycles. The number of benzene rings is 3. The molecule has 0 saturated carbocycles. The van der Waals surface area contributed by atoms with E-state index in [0.717, 1.165) is 27.0 Å². The number of ether oxygens (including phenoxy) is 1. The van der Waals surface area contributed by atoms with Gasteiger partial charge in [0.1, 0.15) is 17.3 Å². The Morgan fingerprint density at radius 1 is 0.966 bits per heavy atom. The Morgan fingerprint density at radius 2 is 1.62 bits per heavy atom. The summed E-state index contributed by atoms with van der Waals surface area (Å²) in [6.45, 7) is 0. The Labute approximate surface area is 182 Å². The smallest absolute Gasteiger partial charge is 0.282 e. The molecule has 3 aromatic rings. The van der Waals surface area contributed by atoms with Crippen LogP contribution in [0.5, 0.6) is 5.75 Å². The summed E-state index contributed by atoms with van der Waals surface area (Å²) in [5.41, 5.74) is 2.78. The van der Waals surface area contributed by atoms with Gasteiger partial charge < -0.3 is 4.74 Å². The fraction of sp³-hybridized carbons (Fsp3) is 0.0435. The second kappa shape index (κ2) is 8.23. The van der Waals surface area contributed by atoms with E-state index in [4.69, 9.17) is 16.3 Å². The van der Waals surface area contributed by atoms with Crippen molar-refractivity contribution in [3.8, 4) is 5.75 Å². The zero-order valence-corrected chi connectivity index (χ0v) is 17.8. The van der Waals surface area contributed by atoms with Crippen molar-refractivity contribution in [2.45, 2.75) is 0 Å². The van der Waals surface area contributed by atoms with Gasteiger partial charge in [-0.05, 0) is 60.2 Å². The Kier molecular flexibility index (Phi) is 5.51. The summed E-state index contributed by atoms with van der Waals surface area (Å²) in [5.74, 6) is 1.11. The number of carbonyl (C=O) groups excluding carboxylic acids is 1. The molecule has 0 saturated heterocycles. The molecule has 1 heterocycles. The minimum atomic E-state index is -0.192. The number of carbonyl (C=O) groups is 1. The van der Waals surface area contributed by atoms with Crippen molar-refractivity contribution >= 4 is 51.0 Å². The Morgan fingerprint density at radius 3 is 2.24 bits per heavy atom. The minimum absolute atomic E-state index is 0.192. The average Bonchev–Trinajstić information content (AvgIpc) is 3.06. The van der Waals surface area contributed by atoms with Gasteiger partial charge in [-0.25, -0.2) is 4.99 Å². The van der Waals surface area contributed by atoms with E-state index in [-0.39, 0.29) is 5.91 Å². The maximum atomic E-state index is 13.3. The van der Waals surface area contributed by atoms with E-state index in [9.17, 15) is 4.79 Å². The van der Waals surface area contributed by atoms with E-state index in [1.54, 1.807) is 30.2 Å². The number of nitrogens with zero attached hydrogens (tertiary/aromatic N) is 2. The highest BCUT2D eigenvalue weighted by atomic mass is 79.9. The molecular formula is C23H16BrClN2O2. The van der Waals surface area contributed by atoms with Gasteiger partial charge in [0.2, 0.25) is 0 Å². The van der Waals surface area contributed by atoms with Crippen molar-refractivity contribution in [2.75, 3.05) is 12.0 Å². The topological polar surface area (TPSA) is 41.9 Å². The highest BCUT2D eigenvalue weighted by Crippen LogP contribution is 2.29. The lowest BCUT2D eigenvalue weighted by Gasteiger charge is -2.19. The lowest BCUT2D eigenvalue weighted by Crippen LogP contribution is -2.32. The molecule has 0 fully saturated rings. The van der Waals surface area contributed by atoms with Gasteiger partial charge in [0.05, 0.1) is 12.8 Å². The summed E-state index contributed by atoms with van der Waals surface area (Å²) >= 11 is 9.41. The minimum Gasteiger partial charge on any atom is -0.497 e. The van der Waals surface area contributed by atoms with Gasteiger partial charge in [0.25, 0.3) is 5.91 Å². The number of rotatable bonds is 4. The zero-order valence-electron chi connectivity index (χ0n) is 15.5. The lowest BCUT2D eigenvalue weighted by molar-refractivity contribution is -0.113. The number of amidine groups is 1. The summed E-state index contributed by atoms with van der Waals surface area (Å²) in [6.07, 6.45) is 1.76. The van der Waals surface area contributed by atoms with E-state index in [1.807, 2.05) is 60.7 Å². The van der Waals surface area contributed by atoms with Crippen LogP contribution in [0.4, 0.5) is 5.69 Å². The fourth-order valence-corrected chi connectivity index (χ4v) is 3.39. The molecular weight excluding hydrogens is 452 g/mol. The molecule has 0 spiro atoms. The van der Waals surface area contributed by atoms with Gasteiger partial charge in [0, 0.05) is 15.1 Å². The third-order valence-corrected chi connectivity index (χ3v) is 5.25. The van der Waals surface area contributed by atoms with Gasteiger partial charge >= 0.3 is 0 Å². The Balaban J connectivity index is 1.79. The molecule has 6 heteroatoms. The first-order valence-electron chi connectivity index (χ1n) is 8.85. The summed E-state index contributed by atoms with van der Waals surface area (Å²) in [4.78, 5) is 19.5. The molecule has 4 nitrogen and oxygen atoms in total. The van der Waals surface area contributed by atoms with Gasteiger partial charge in [-0.3, -0.25) is 9.69 Å². The van der Waals surface area contributed by atoms with Crippen molar-refractivity contribution in [3.63, 3.8) is 0 Å². The van der Waals surface area contributed by atoms with Crippen molar-refractivity contribution in [1.29, 1.82) is 0 Å². The lowest BCUT2D eigenvalue weighted by atomic mass is 10.1. The second-order valence-electron chi connectivity index (χ2n) is 6.36. The first-order valence-corrected chi connectivity index (χ1v) is 10.0. The molecule has 1 amide bonds. The van der Waals surface area contributed by atoms with Gasteiger partial charge in [0.15, 0.2) is 0 Å². The highest BCUT2D eigenvalue weighted by Gasteiger charge is 2.32. The number of halogens is 2. The van der Waals surface area contributed by atoms with E-state index in [2.05, 4.69) is 20.9 Å². The van der Waals surface area contributed by atoms with Crippen LogP contribution in [-0.2, 0) is 4.79 Å². The normalized spacial score (nSPS) is 15.0. The first-order chi connectivity index (χ1) is 14.0. The molecule has 1 aliphatic heterocycles. The Bertz CT molecular complexity index is 1110. The predicted octanol–water partition coefficient (Wildman–Crippen LogP) is 5.95. The van der Waals surface area contributed by atoms with Gasteiger partial charge in [-0.15, -0.1) is 0 Å². The van der Waals surface area contributed by atoms with E-state index < -0.39 is 0 Å². The van der Waals surface area contributed by atoms with E-state index in [0.29, 0.717) is 16.6 Å². The molecule has 0 unspecified atom stereocenters. The molecule has 0 radical (unpaired) electrons. The van der Waals surface area contributed by atoms with E-state index in [1.165, 1.54) is 0 Å². The molecule has 0 bridgehead atoms. The van der Waals surface area contributed by atoms with Crippen molar-refractivity contribution in [1.82, 2.24) is 0 Å². The van der Waals surface area contributed by atoms with Crippen molar-refractivity contribution in [3.05, 3.63) is 99.1 Å². The number of aliphatic imine (C=N–C) groups is 1. The van der Waals surface area contributed by atoms with Crippen LogP contribution in [-0.4, -0.2) is 18.9 Å². The maximum Gasteiger partial charge on any atom is 0.282 e. The first kappa shape index (κ1) is 19.4. The largest absolute Gasteiger partial charge is 0.497 e. The third-order valence-electron chi connectivity index (χ3n) is 4.47. The molecule has 144 valence electrons. The number of hydrogen-bond acceptors (Lipinski definition) is 3. The SMILES string of the molecule is COc1ccc(N2C(=O)/C(=C\c3ccc(Cl)cc3)N=C2c2ccc(Br)cc2)cc1. The number of amides is 1. The summed E-state index contributed by atoms with van der Waals surface area (Å²) in [7, 11) is 1.61. The molecule has 1 aliphatic rings. The van der Waals surface area contributed by atoms with E-state index >= 15 is 0 Å². The third kappa shape index (κ3) is 4.11. The maximum absolute atomic E-state index is 13.3. The molecule has 0 N–H and O–H groups in total. The molecule has 0 atom stereocenters. The highest BCUT2D eigenvalue weighted by molar-refractivity contribution is 9.10. The standard InChI is InChI=1S/C23H16BrClN2O2/c1-29-20-12-10-19(11-13-20)27-22(16-4-6-17(24)7-5-16)26-21(23(27)28)14-15-2-8-18(25)9-3-15/h2-14H,1H3/b21-14+. The van der Waals surface area contributed by atoms with Crippen molar-refractivity contribution < 1.29 is 9.53 Å². The van der Waals surface area contributed by atoms with Crippen LogP contribution < -0.4 is 9.64 Å². The van der Waals surface area contributed by atoms with Crippen LogP contribution in [0.2, 0.25) is 5.02 Å². The van der Waals surface area contributed by atoms with Crippen LogP contribution in [0.15, 0.2) is 88.0 Å². The quantitative estimate of drug-likeness (QED) is 0.445. The summed E-state index contributed by atoms with van der Waals surface area (Å²) < 4.78 is 6.19. The van der Waals surface area contributed by atoms with Gasteiger partial charge in [-0.2, -0.15) is 0 Å². The average molecular weight is 468 g/mol. The van der Waals surface area contributed by atoms with Crippen LogP contribution in [0.25, 0.3) is 6.08 Å². The monoisotopic (exact) mass is 466 g/mol. The Hall–Kier alpha value is -2.89. The molecule has 0 aliphatic carbocycles. The number of anilines is 1. The zero-order chi connectivity index (χ0) is 20.4. The number of methoxy groups -OCH3 is 1. The molecule has 29 heavy (non-hydrogen) atoms. The predicted molar refractivity (Wildman–Crippen MR) is 121 cm³/mol. The fourth-order valence-electron chi connectivity index (χ4n) is 3.00. The van der Waals surface area contributed by atoms with Crippen LogP contribution in [0.3, 0.4) is 0 Å². The number of hydrogen-bond donors (Lipinski definition) is 0. The molecule has 0 aromatic heterocycles.